The molecule has 0 aromatic carbocycles. The van der Waals surface area contributed by atoms with Crippen LogP contribution in [0.25, 0.3) is 0 Å². The number of aliphatic hydroxyl groups excluding tert-OH is 1. The van der Waals surface area contributed by atoms with Crippen molar-refractivity contribution in [2.75, 3.05) is 6.54 Å². The van der Waals surface area contributed by atoms with Gasteiger partial charge in [-0.15, -0.1) is 0 Å². The first-order valence-corrected chi connectivity index (χ1v) is 4.81. The summed E-state index contributed by atoms with van der Waals surface area (Å²) >= 11 is 0. The van der Waals surface area contributed by atoms with Gasteiger partial charge in [0.05, 0.1) is 0 Å². The van der Waals surface area contributed by atoms with Gasteiger partial charge in [-0.05, 0) is 13.0 Å². The number of hydrogen-bond donors (Lipinski definition) is 3. The molecule has 0 aliphatic heterocycles. The van der Waals surface area contributed by atoms with Crippen LogP contribution in [-0.4, -0.2) is 50.5 Å². The molecule has 0 spiro atoms. The van der Waals surface area contributed by atoms with Crippen molar-refractivity contribution >= 4 is 11.9 Å². The van der Waals surface area contributed by atoms with Crippen molar-refractivity contribution in [3.8, 4) is 0 Å². The normalized spacial score (nSPS) is 12.6. The quantitative estimate of drug-likeness (QED) is 0.146. The lowest BCUT2D eigenvalue weighted by molar-refractivity contribution is -0.854. The highest BCUT2D eigenvalue weighted by atomic mass is 16.7. The van der Waals surface area contributed by atoms with Crippen LogP contribution in [0.5, 0.6) is 0 Å². The van der Waals surface area contributed by atoms with Crippen LogP contribution in [0.4, 0.5) is 0 Å². The second-order valence-corrected chi connectivity index (χ2v) is 3.29. The van der Waals surface area contributed by atoms with Crippen molar-refractivity contribution < 1.29 is 34.4 Å². The van der Waals surface area contributed by atoms with Gasteiger partial charge in [-0.2, -0.15) is 0 Å². The largest absolute Gasteiger partial charge is 0.613 e. The molecule has 0 aliphatic carbocycles. The van der Waals surface area contributed by atoms with E-state index in [1.54, 1.807) is 0 Å². The first kappa shape index (κ1) is 16.8. The maximum Gasteiger partial charge on any atom is 0.613 e. The summed E-state index contributed by atoms with van der Waals surface area (Å²) in [5.74, 6) is -7.38. The fourth-order valence-corrected chi connectivity index (χ4v) is 0.890. The molecule has 0 amide bonds. The predicted molar refractivity (Wildman–Crippen MR) is 54.3 cm³/mol. The van der Waals surface area contributed by atoms with Gasteiger partial charge in [0, 0.05) is 6.42 Å². The standard InChI is InChI=1S/C7H11N3O9/c8-3-1-2-4(11)19-6(13)5(12)7(14,9(15)16)10(17)18/h5,12,14H,1-3,8H2. The van der Waals surface area contributed by atoms with E-state index >= 15 is 0 Å². The van der Waals surface area contributed by atoms with Crippen molar-refractivity contribution in [1.29, 1.82) is 0 Å². The van der Waals surface area contributed by atoms with Gasteiger partial charge in [-0.25, -0.2) is 4.79 Å². The third-order valence-corrected chi connectivity index (χ3v) is 1.93. The summed E-state index contributed by atoms with van der Waals surface area (Å²) < 4.78 is 3.91. The number of nitro groups is 2. The maximum atomic E-state index is 11.1. The Balaban J connectivity index is 4.84. The van der Waals surface area contributed by atoms with Gasteiger partial charge < -0.3 is 15.6 Å². The number of aliphatic hydroxyl groups is 2. The zero-order chi connectivity index (χ0) is 15.2. The minimum atomic E-state index is -4.19. The van der Waals surface area contributed by atoms with Gasteiger partial charge in [0.2, 0.25) is 0 Å². The third kappa shape index (κ3) is 3.90. The zero-order valence-electron chi connectivity index (χ0n) is 9.42. The maximum absolute atomic E-state index is 11.1. The van der Waals surface area contributed by atoms with E-state index in [-0.39, 0.29) is 19.4 Å². The molecule has 1 atom stereocenters. The van der Waals surface area contributed by atoms with E-state index in [9.17, 15) is 29.8 Å². The van der Waals surface area contributed by atoms with Crippen LogP contribution in [0.3, 0.4) is 0 Å². The number of nitrogens with zero attached hydrogens (tertiary/aromatic N) is 2. The summed E-state index contributed by atoms with van der Waals surface area (Å²) in [5.41, 5.74) is 5.06. The highest BCUT2D eigenvalue weighted by Gasteiger charge is 2.66. The molecule has 108 valence electrons. The Hall–Kier alpha value is -2.18. The molecule has 0 aromatic rings. The van der Waals surface area contributed by atoms with Crippen molar-refractivity contribution in [3.63, 3.8) is 0 Å². The summed E-state index contributed by atoms with van der Waals surface area (Å²) in [6.45, 7) is 0.0968. The Kier molecular flexibility index (Phi) is 5.91. The Morgan fingerprint density at radius 2 is 1.79 bits per heavy atom. The molecule has 0 fully saturated rings. The average molecular weight is 281 g/mol. The van der Waals surface area contributed by atoms with Crippen molar-refractivity contribution in [2.24, 2.45) is 5.73 Å². The van der Waals surface area contributed by atoms with Crippen LogP contribution in [0, 0.1) is 20.2 Å². The third-order valence-electron chi connectivity index (χ3n) is 1.93. The number of carbonyl (C=O) groups excluding carboxylic acids is 2. The molecule has 0 radical (unpaired) electrons. The van der Waals surface area contributed by atoms with E-state index in [0.717, 1.165) is 0 Å². The Morgan fingerprint density at radius 3 is 2.16 bits per heavy atom. The number of rotatable bonds is 7. The second kappa shape index (κ2) is 6.67. The molecule has 0 aliphatic rings. The fourth-order valence-electron chi connectivity index (χ4n) is 0.890. The van der Waals surface area contributed by atoms with Gasteiger partial charge in [0.1, 0.15) is 9.85 Å². The smallest absolute Gasteiger partial charge is 0.391 e. The van der Waals surface area contributed by atoms with Crippen LogP contribution in [-0.2, 0) is 14.3 Å². The van der Waals surface area contributed by atoms with Crippen LogP contribution in [0.15, 0.2) is 0 Å². The Bertz CT molecular complexity index is 381. The number of esters is 2. The lowest BCUT2D eigenvalue weighted by Gasteiger charge is -2.14. The zero-order valence-corrected chi connectivity index (χ0v) is 9.42. The number of carbonyl (C=O) groups is 2. The van der Waals surface area contributed by atoms with Crippen LogP contribution >= 0.6 is 0 Å². The van der Waals surface area contributed by atoms with E-state index in [1.165, 1.54) is 0 Å². The molecule has 0 saturated heterocycles. The summed E-state index contributed by atoms with van der Waals surface area (Å²) in [4.78, 5) is 38.9. The molecular formula is C7H11N3O9. The van der Waals surface area contributed by atoms with E-state index in [1.807, 2.05) is 0 Å². The second-order valence-electron chi connectivity index (χ2n) is 3.29. The topological polar surface area (TPSA) is 196 Å². The molecular weight excluding hydrogens is 270 g/mol. The molecule has 0 bridgehead atoms. The Morgan fingerprint density at radius 1 is 1.32 bits per heavy atom. The molecule has 19 heavy (non-hydrogen) atoms. The number of ether oxygens (including phenoxy) is 1. The highest BCUT2D eigenvalue weighted by Crippen LogP contribution is 2.14. The molecule has 12 nitrogen and oxygen atoms in total. The molecule has 0 aromatic heterocycles. The van der Waals surface area contributed by atoms with E-state index in [2.05, 4.69) is 4.74 Å². The number of nitrogens with two attached hydrogens (primary N) is 1. The lowest BCUT2D eigenvalue weighted by Crippen LogP contribution is -2.59. The molecule has 0 rings (SSSR count). The SMILES string of the molecule is NCCCC(=O)OC(=O)C(O)C(O)([N+](=O)[O-])[N+](=O)[O-]. The van der Waals surface area contributed by atoms with E-state index in [0.29, 0.717) is 0 Å². The van der Waals surface area contributed by atoms with Gasteiger partial charge >= 0.3 is 23.9 Å². The monoisotopic (exact) mass is 281 g/mol. The first-order chi connectivity index (χ1) is 8.67. The summed E-state index contributed by atoms with van der Waals surface area (Å²) in [7, 11) is 0. The number of hydrogen-bond acceptors (Lipinski definition) is 10. The molecule has 1 unspecified atom stereocenters. The fraction of sp³-hybridized carbons (Fsp3) is 0.714. The first-order valence-electron chi connectivity index (χ1n) is 4.81. The molecule has 0 saturated carbocycles. The lowest BCUT2D eigenvalue weighted by atomic mass is 10.2. The summed E-state index contributed by atoms with van der Waals surface area (Å²) in [6, 6.07) is 0. The van der Waals surface area contributed by atoms with Crippen LogP contribution < -0.4 is 5.73 Å². The van der Waals surface area contributed by atoms with Crippen LogP contribution in [0.1, 0.15) is 12.8 Å². The summed E-state index contributed by atoms with van der Waals surface area (Å²) in [5, 5.41) is 38.7. The average Bonchev–Trinajstić information content (AvgIpc) is 2.33. The van der Waals surface area contributed by atoms with E-state index in [4.69, 9.17) is 15.9 Å². The predicted octanol–water partition coefficient (Wildman–Crippen LogP) is -2.64. The van der Waals surface area contributed by atoms with Gasteiger partial charge in [-0.1, -0.05) is 0 Å². The van der Waals surface area contributed by atoms with Gasteiger partial charge in [0.25, 0.3) is 0 Å². The van der Waals surface area contributed by atoms with Crippen molar-refractivity contribution in [1.82, 2.24) is 0 Å². The van der Waals surface area contributed by atoms with Gasteiger partial charge in [0.15, 0.2) is 0 Å². The molecule has 0 heterocycles. The minimum absolute atomic E-state index is 0.0968. The van der Waals surface area contributed by atoms with E-state index < -0.39 is 33.7 Å². The Labute approximate surface area is 105 Å². The van der Waals surface area contributed by atoms with Gasteiger partial charge in [-0.3, -0.25) is 30.1 Å². The minimum Gasteiger partial charge on any atom is -0.391 e. The highest BCUT2D eigenvalue weighted by molar-refractivity contribution is 5.88. The van der Waals surface area contributed by atoms with Crippen LogP contribution in [0.2, 0.25) is 0 Å². The molecule has 12 heteroatoms. The molecule has 4 N–H and O–H groups in total. The van der Waals surface area contributed by atoms with Crippen molar-refractivity contribution in [3.05, 3.63) is 20.2 Å². The summed E-state index contributed by atoms with van der Waals surface area (Å²) in [6.07, 6.45) is -3.35. The van der Waals surface area contributed by atoms with Crippen molar-refractivity contribution in [2.45, 2.75) is 24.8 Å².